The lowest BCUT2D eigenvalue weighted by Crippen LogP contribution is -2.41. The zero-order valence-corrected chi connectivity index (χ0v) is 13.0. The predicted octanol–water partition coefficient (Wildman–Crippen LogP) is -0.963. The Morgan fingerprint density at radius 3 is 1.45 bits per heavy atom. The van der Waals surface area contributed by atoms with Crippen molar-refractivity contribution in [2.75, 3.05) is 14.2 Å². The fourth-order valence-electron chi connectivity index (χ4n) is 1.52. The summed E-state index contributed by atoms with van der Waals surface area (Å²) in [6.07, 6.45) is 3.79. The van der Waals surface area contributed by atoms with Gasteiger partial charge in [0.1, 0.15) is 0 Å². The van der Waals surface area contributed by atoms with Crippen LogP contribution in [0.5, 0.6) is 11.8 Å². The highest BCUT2D eigenvalue weighted by Gasteiger charge is 2.24. The summed E-state index contributed by atoms with van der Waals surface area (Å²) in [5.74, 6) is -0.158. The Morgan fingerprint density at radius 2 is 1.14 bits per heavy atom. The summed E-state index contributed by atoms with van der Waals surface area (Å²) in [6.45, 7) is 0. The normalized spacial score (nSPS) is 10.5. The number of methoxy groups -OCH3 is 2. The third kappa shape index (κ3) is 3.28. The molecule has 0 atom stereocenters. The second kappa shape index (κ2) is 6.62. The molecule has 0 N–H and O–H groups in total. The average molecular weight is 346 g/mol. The molecule has 2 heterocycles. The lowest BCUT2D eigenvalue weighted by atomic mass is 10.6. The molecule has 0 saturated heterocycles. The number of hydrogen-bond acceptors (Lipinski definition) is 8. The topological polar surface area (TPSA) is 126 Å². The molecule has 2 aromatic rings. The standard InChI is InChI=1S/C10H10N4O6S2/c1-19-9-7(3-11(15)5-13(9)17)21-22-8-4-12(16)6-14(18)10(8)20-2/h3-6H,1-2H3. The summed E-state index contributed by atoms with van der Waals surface area (Å²) in [6, 6.07) is 0. The van der Waals surface area contributed by atoms with Gasteiger partial charge in [0, 0.05) is 0 Å². The van der Waals surface area contributed by atoms with E-state index >= 15 is 0 Å². The SMILES string of the molecule is COc1c(SSc2c[n+]([O-])c[n+]([O-])c2OC)c[n+]([O-])c[n+]1[O-]. The van der Waals surface area contributed by atoms with Crippen molar-refractivity contribution in [2.24, 2.45) is 0 Å². The van der Waals surface area contributed by atoms with Gasteiger partial charge in [-0.15, -0.1) is 9.46 Å². The molecule has 0 aliphatic carbocycles. The Hall–Kier alpha value is -2.34. The number of rotatable bonds is 5. The van der Waals surface area contributed by atoms with Crippen LogP contribution in [0.4, 0.5) is 0 Å². The van der Waals surface area contributed by atoms with Gasteiger partial charge in [-0.05, 0) is 21.6 Å². The maximum atomic E-state index is 11.5. The van der Waals surface area contributed by atoms with E-state index in [1.165, 1.54) is 14.2 Å². The molecule has 0 fully saturated rings. The van der Waals surface area contributed by atoms with Gasteiger partial charge in [0.05, 0.1) is 14.2 Å². The second-order valence-corrected chi connectivity index (χ2v) is 5.99. The zero-order valence-electron chi connectivity index (χ0n) is 11.4. The number of ether oxygens (including phenoxy) is 2. The van der Waals surface area contributed by atoms with Crippen molar-refractivity contribution < 1.29 is 28.4 Å². The molecule has 22 heavy (non-hydrogen) atoms. The monoisotopic (exact) mass is 346 g/mol. The minimum Gasteiger partial charge on any atom is -0.614 e. The van der Waals surface area contributed by atoms with Crippen LogP contribution in [0.2, 0.25) is 0 Å². The van der Waals surface area contributed by atoms with Crippen LogP contribution in [0.1, 0.15) is 0 Å². The van der Waals surface area contributed by atoms with E-state index in [0.29, 0.717) is 9.46 Å². The summed E-state index contributed by atoms with van der Waals surface area (Å²) in [4.78, 5) is 0.446. The van der Waals surface area contributed by atoms with Crippen molar-refractivity contribution in [3.8, 4) is 11.8 Å². The van der Waals surface area contributed by atoms with Gasteiger partial charge in [-0.1, -0.05) is 9.46 Å². The third-order valence-corrected chi connectivity index (χ3v) is 4.69. The van der Waals surface area contributed by atoms with Crippen LogP contribution in [0.3, 0.4) is 0 Å². The Labute approximate surface area is 132 Å². The van der Waals surface area contributed by atoms with Gasteiger partial charge in [-0.3, -0.25) is 0 Å². The molecule has 0 aliphatic heterocycles. The molecule has 0 aliphatic rings. The largest absolute Gasteiger partial charge is 0.614 e. The molecular weight excluding hydrogens is 336 g/mol. The van der Waals surface area contributed by atoms with Crippen LogP contribution in [0, 0.1) is 20.8 Å². The Morgan fingerprint density at radius 1 is 0.773 bits per heavy atom. The Kier molecular flexibility index (Phi) is 4.82. The van der Waals surface area contributed by atoms with E-state index in [2.05, 4.69) is 0 Å². The smallest absolute Gasteiger partial charge is 0.432 e. The lowest BCUT2D eigenvalue weighted by Gasteiger charge is -2.08. The zero-order chi connectivity index (χ0) is 16.3. The Balaban J connectivity index is 2.31. The van der Waals surface area contributed by atoms with Crippen LogP contribution < -0.4 is 28.4 Å². The molecule has 2 aromatic heterocycles. The predicted molar refractivity (Wildman–Crippen MR) is 73.5 cm³/mol. The second-order valence-electron chi connectivity index (χ2n) is 3.77. The molecule has 2 rings (SSSR count). The van der Waals surface area contributed by atoms with Gasteiger partial charge in [0.15, 0.2) is 9.79 Å². The highest BCUT2D eigenvalue weighted by Crippen LogP contribution is 2.41. The van der Waals surface area contributed by atoms with Crippen LogP contribution in [0.15, 0.2) is 34.8 Å². The van der Waals surface area contributed by atoms with Gasteiger partial charge >= 0.3 is 24.4 Å². The van der Waals surface area contributed by atoms with Gasteiger partial charge < -0.3 is 30.3 Å². The van der Waals surface area contributed by atoms with Crippen molar-refractivity contribution in [3.05, 3.63) is 45.9 Å². The van der Waals surface area contributed by atoms with Crippen molar-refractivity contribution in [1.29, 1.82) is 0 Å². The van der Waals surface area contributed by atoms with E-state index in [9.17, 15) is 20.8 Å². The number of hydrogen-bond donors (Lipinski definition) is 0. The summed E-state index contributed by atoms with van der Waals surface area (Å²) < 4.78 is 11.0. The van der Waals surface area contributed by atoms with E-state index in [1.807, 2.05) is 0 Å². The number of nitrogens with zero attached hydrogens (tertiary/aromatic N) is 4. The van der Waals surface area contributed by atoms with Crippen molar-refractivity contribution >= 4 is 21.6 Å². The molecular formula is C10H10N4O6S2. The van der Waals surface area contributed by atoms with Gasteiger partial charge in [0.2, 0.25) is 12.4 Å². The first-order valence-corrected chi connectivity index (χ1v) is 7.75. The fraction of sp³-hybridized carbons (Fsp3) is 0.200. The van der Waals surface area contributed by atoms with E-state index < -0.39 is 0 Å². The third-order valence-electron chi connectivity index (χ3n) is 2.36. The summed E-state index contributed by atoms with van der Waals surface area (Å²) in [5, 5.41) is 45.7. The maximum absolute atomic E-state index is 11.5. The highest BCUT2D eigenvalue weighted by molar-refractivity contribution is 8.76. The van der Waals surface area contributed by atoms with Gasteiger partial charge in [-0.2, -0.15) is 0 Å². The molecule has 0 spiro atoms. The lowest BCUT2D eigenvalue weighted by molar-refractivity contribution is -0.750. The molecule has 0 unspecified atom stereocenters. The first-order chi connectivity index (χ1) is 10.5. The molecule has 10 nitrogen and oxygen atoms in total. The summed E-state index contributed by atoms with van der Waals surface area (Å²) in [5.41, 5.74) is 0. The highest BCUT2D eigenvalue weighted by atomic mass is 33.1. The van der Waals surface area contributed by atoms with Crippen LogP contribution in [-0.2, 0) is 0 Å². The molecule has 0 amide bonds. The number of aromatic nitrogens is 4. The van der Waals surface area contributed by atoms with Gasteiger partial charge in [0.25, 0.3) is 0 Å². The van der Waals surface area contributed by atoms with Crippen molar-refractivity contribution in [1.82, 2.24) is 0 Å². The van der Waals surface area contributed by atoms with E-state index in [4.69, 9.17) is 9.47 Å². The van der Waals surface area contributed by atoms with E-state index in [-0.39, 0.29) is 31.0 Å². The maximum Gasteiger partial charge on any atom is 0.432 e. The molecule has 0 radical (unpaired) electrons. The average Bonchev–Trinajstić information content (AvgIpc) is 2.44. The minimum absolute atomic E-state index is 0.0792. The summed E-state index contributed by atoms with van der Waals surface area (Å²) in [7, 11) is 4.50. The van der Waals surface area contributed by atoms with E-state index in [1.54, 1.807) is 0 Å². The van der Waals surface area contributed by atoms with Crippen LogP contribution >= 0.6 is 21.6 Å². The molecule has 12 heteroatoms. The van der Waals surface area contributed by atoms with Crippen molar-refractivity contribution in [2.45, 2.75) is 9.79 Å². The van der Waals surface area contributed by atoms with E-state index in [0.717, 1.165) is 46.6 Å². The van der Waals surface area contributed by atoms with Crippen LogP contribution in [-0.4, -0.2) is 14.2 Å². The first kappa shape index (κ1) is 16.0. The molecule has 0 saturated carbocycles. The fourth-order valence-corrected chi connectivity index (χ4v) is 3.71. The molecule has 0 aromatic carbocycles. The molecule has 118 valence electrons. The van der Waals surface area contributed by atoms with Crippen LogP contribution in [0.25, 0.3) is 0 Å². The molecule has 0 bridgehead atoms. The minimum atomic E-state index is -0.0792. The Bertz CT molecular complexity index is 642. The van der Waals surface area contributed by atoms with Gasteiger partial charge in [-0.25, -0.2) is 0 Å². The van der Waals surface area contributed by atoms with Crippen molar-refractivity contribution in [3.63, 3.8) is 0 Å². The first-order valence-electron chi connectivity index (χ1n) is 5.60. The quantitative estimate of drug-likeness (QED) is 0.385. The summed E-state index contributed by atoms with van der Waals surface area (Å²) >= 11 is 0.